The summed E-state index contributed by atoms with van der Waals surface area (Å²) >= 11 is 1.70. The highest BCUT2D eigenvalue weighted by Crippen LogP contribution is 2.14. The highest BCUT2D eigenvalue weighted by atomic mass is 32.1. The van der Waals surface area contributed by atoms with Crippen LogP contribution in [0.3, 0.4) is 0 Å². The molecule has 1 unspecified atom stereocenters. The van der Waals surface area contributed by atoms with Gasteiger partial charge in [-0.3, -0.25) is 9.89 Å². The van der Waals surface area contributed by atoms with Crippen molar-refractivity contribution in [2.45, 2.75) is 45.7 Å². The van der Waals surface area contributed by atoms with Crippen LogP contribution in [-0.4, -0.2) is 31.7 Å². The van der Waals surface area contributed by atoms with Gasteiger partial charge in [0.05, 0.1) is 12.2 Å². The lowest BCUT2D eigenvalue weighted by atomic mass is 10.2. The molecule has 0 saturated carbocycles. The van der Waals surface area contributed by atoms with Gasteiger partial charge < -0.3 is 9.88 Å². The molecule has 0 spiro atoms. The summed E-state index contributed by atoms with van der Waals surface area (Å²) < 4.78 is 2.07. The van der Waals surface area contributed by atoms with Crippen LogP contribution in [0.25, 0.3) is 0 Å². The molecule has 132 valence electrons. The van der Waals surface area contributed by atoms with Crippen molar-refractivity contribution >= 4 is 17.2 Å². The number of nitrogens with one attached hydrogen (secondary N) is 2. The van der Waals surface area contributed by atoms with E-state index >= 15 is 0 Å². The SMILES string of the molecule is CC(Cc1cccs1)NC(=O)c1cc(Cn2ccnc2C(C)C)[nH]n1. The summed E-state index contributed by atoms with van der Waals surface area (Å²) in [4.78, 5) is 18.0. The van der Waals surface area contributed by atoms with Crippen LogP contribution in [0, 0.1) is 0 Å². The maximum atomic E-state index is 12.4. The second-order valence-electron chi connectivity index (χ2n) is 6.50. The largest absolute Gasteiger partial charge is 0.348 e. The van der Waals surface area contributed by atoms with Gasteiger partial charge in [0, 0.05) is 35.7 Å². The lowest BCUT2D eigenvalue weighted by molar-refractivity contribution is 0.0935. The summed E-state index contributed by atoms with van der Waals surface area (Å²) in [5.74, 6) is 1.21. The summed E-state index contributed by atoms with van der Waals surface area (Å²) in [6.45, 7) is 6.85. The van der Waals surface area contributed by atoms with Crippen molar-refractivity contribution in [1.29, 1.82) is 0 Å². The molecular weight excluding hydrogens is 334 g/mol. The van der Waals surface area contributed by atoms with Gasteiger partial charge in [0.25, 0.3) is 5.91 Å². The minimum Gasteiger partial charge on any atom is -0.348 e. The maximum absolute atomic E-state index is 12.4. The predicted molar refractivity (Wildman–Crippen MR) is 99.0 cm³/mol. The topological polar surface area (TPSA) is 75.6 Å². The molecule has 0 bridgehead atoms. The van der Waals surface area contributed by atoms with E-state index in [4.69, 9.17) is 0 Å². The Hall–Kier alpha value is -2.41. The van der Waals surface area contributed by atoms with Crippen LogP contribution in [0.4, 0.5) is 0 Å². The molecular formula is C18H23N5OS. The Morgan fingerprint density at radius 2 is 2.24 bits per heavy atom. The van der Waals surface area contributed by atoms with Gasteiger partial charge >= 0.3 is 0 Å². The van der Waals surface area contributed by atoms with E-state index in [0.717, 1.165) is 17.9 Å². The third-order valence-corrected chi connectivity index (χ3v) is 4.83. The number of aromatic amines is 1. The first kappa shape index (κ1) is 17.4. The van der Waals surface area contributed by atoms with Gasteiger partial charge in [-0.05, 0) is 24.4 Å². The molecule has 1 amide bonds. The molecule has 0 radical (unpaired) electrons. The lowest BCUT2D eigenvalue weighted by Crippen LogP contribution is -2.34. The number of carbonyl (C=O) groups excluding carboxylic acids is 1. The van der Waals surface area contributed by atoms with Crippen molar-refractivity contribution in [3.8, 4) is 0 Å². The summed E-state index contributed by atoms with van der Waals surface area (Å²) in [5, 5.41) is 12.2. The van der Waals surface area contributed by atoms with Crippen molar-refractivity contribution in [2.75, 3.05) is 0 Å². The molecule has 0 aliphatic carbocycles. The number of imidazole rings is 1. The highest BCUT2D eigenvalue weighted by Gasteiger charge is 2.15. The first-order valence-electron chi connectivity index (χ1n) is 8.41. The molecule has 3 aromatic heterocycles. The molecule has 1 atom stereocenters. The Morgan fingerprint density at radius 1 is 1.40 bits per heavy atom. The zero-order chi connectivity index (χ0) is 17.8. The Morgan fingerprint density at radius 3 is 2.96 bits per heavy atom. The quantitative estimate of drug-likeness (QED) is 0.682. The Labute approximate surface area is 151 Å². The molecule has 3 heterocycles. The van der Waals surface area contributed by atoms with E-state index in [0.29, 0.717) is 18.2 Å². The van der Waals surface area contributed by atoms with Crippen LogP contribution < -0.4 is 5.32 Å². The van der Waals surface area contributed by atoms with Crippen molar-refractivity contribution in [3.05, 3.63) is 58.1 Å². The Bertz CT molecular complexity index is 818. The first-order chi connectivity index (χ1) is 12.0. The highest BCUT2D eigenvalue weighted by molar-refractivity contribution is 7.09. The number of thiophene rings is 1. The smallest absolute Gasteiger partial charge is 0.271 e. The average Bonchev–Trinajstić information content (AvgIpc) is 3.28. The molecule has 7 heteroatoms. The van der Waals surface area contributed by atoms with Crippen molar-refractivity contribution in [1.82, 2.24) is 25.1 Å². The molecule has 25 heavy (non-hydrogen) atoms. The van der Waals surface area contributed by atoms with Crippen LogP contribution in [0.2, 0.25) is 0 Å². The van der Waals surface area contributed by atoms with E-state index in [9.17, 15) is 4.79 Å². The molecule has 0 aliphatic rings. The second kappa shape index (κ2) is 7.65. The van der Waals surface area contributed by atoms with E-state index in [-0.39, 0.29) is 11.9 Å². The van der Waals surface area contributed by atoms with Crippen LogP contribution in [-0.2, 0) is 13.0 Å². The van der Waals surface area contributed by atoms with Gasteiger partial charge in [0.2, 0.25) is 0 Å². The monoisotopic (exact) mass is 357 g/mol. The van der Waals surface area contributed by atoms with Crippen LogP contribution in [0.5, 0.6) is 0 Å². The Balaban J connectivity index is 1.60. The standard InChI is InChI=1S/C18H23N5OS/c1-12(2)17-19-6-7-23(17)11-14-10-16(22-21-14)18(24)20-13(3)9-15-5-4-8-25-15/h4-8,10,12-13H,9,11H2,1-3H3,(H,20,24)(H,21,22). The number of H-pyrrole nitrogens is 1. The molecule has 0 fully saturated rings. The molecule has 2 N–H and O–H groups in total. The number of hydrogen-bond acceptors (Lipinski definition) is 4. The van der Waals surface area contributed by atoms with Crippen LogP contribution in [0.15, 0.2) is 36.0 Å². The third kappa shape index (κ3) is 4.36. The number of carbonyl (C=O) groups is 1. The maximum Gasteiger partial charge on any atom is 0.271 e. The van der Waals surface area contributed by atoms with Gasteiger partial charge in [-0.15, -0.1) is 11.3 Å². The Kier molecular flexibility index (Phi) is 5.33. The van der Waals surface area contributed by atoms with Crippen molar-refractivity contribution < 1.29 is 4.79 Å². The van der Waals surface area contributed by atoms with E-state index in [2.05, 4.69) is 45.0 Å². The number of nitrogens with zero attached hydrogens (tertiary/aromatic N) is 3. The van der Waals surface area contributed by atoms with E-state index < -0.39 is 0 Å². The van der Waals surface area contributed by atoms with Gasteiger partial charge in [-0.25, -0.2) is 4.98 Å². The number of rotatable bonds is 7. The summed E-state index contributed by atoms with van der Waals surface area (Å²) in [6.07, 6.45) is 4.57. The lowest BCUT2D eigenvalue weighted by Gasteiger charge is -2.11. The minimum absolute atomic E-state index is 0.0625. The fraction of sp³-hybridized carbons (Fsp3) is 0.389. The molecule has 3 aromatic rings. The van der Waals surface area contributed by atoms with Crippen molar-refractivity contribution in [3.63, 3.8) is 0 Å². The van der Waals surface area contributed by atoms with Gasteiger partial charge in [-0.2, -0.15) is 5.10 Å². The van der Waals surface area contributed by atoms with Gasteiger partial charge in [0.1, 0.15) is 11.5 Å². The molecule has 6 nitrogen and oxygen atoms in total. The first-order valence-corrected chi connectivity index (χ1v) is 9.29. The third-order valence-electron chi connectivity index (χ3n) is 3.93. The molecule has 0 saturated heterocycles. The van der Waals surface area contributed by atoms with Crippen LogP contribution >= 0.6 is 11.3 Å². The van der Waals surface area contributed by atoms with Crippen LogP contribution in [0.1, 0.15) is 53.6 Å². The molecule has 0 aliphatic heterocycles. The summed E-state index contributed by atoms with van der Waals surface area (Å²) in [7, 11) is 0. The fourth-order valence-corrected chi connectivity index (χ4v) is 3.61. The predicted octanol–water partition coefficient (Wildman–Crippen LogP) is 3.20. The zero-order valence-electron chi connectivity index (χ0n) is 14.7. The van der Waals surface area contributed by atoms with Gasteiger partial charge in [-0.1, -0.05) is 19.9 Å². The second-order valence-corrected chi connectivity index (χ2v) is 7.54. The number of amides is 1. The molecule has 3 rings (SSSR count). The fourth-order valence-electron chi connectivity index (χ4n) is 2.78. The van der Waals surface area contributed by atoms with E-state index in [1.807, 2.05) is 24.6 Å². The minimum atomic E-state index is -0.152. The zero-order valence-corrected chi connectivity index (χ0v) is 15.5. The number of aromatic nitrogens is 4. The molecule has 0 aromatic carbocycles. The van der Waals surface area contributed by atoms with Gasteiger partial charge in [0.15, 0.2) is 0 Å². The summed E-state index contributed by atoms with van der Waals surface area (Å²) in [5.41, 5.74) is 1.30. The average molecular weight is 357 g/mol. The van der Waals surface area contributed by atoms with E-state index in [1.54, 1.807) is 23.6 Å². The number of hydrogen-bond donors (Lipinski definition) is 2. The van der Waals surface area contributed by atoms with E-state index in [1.165, 1.54) is 4.88 Å². The normalized spacial score (nSPS) is 12.5. The van der Waals surface area contributed by atoms with Crippen molar-refractivity contribution in [2.24, 2.45) is 0 Å². The summed E-state index contributed by atoms with van der Waals surface area (Å²) in [6, 6.07) is 5.97.